The van der Waals surface area contributed by atoms with Gasteiger partial charge in [0.15, 0.2) is 0 Å². The Labute approximate surface area is 227 Å². The zero-order chi connectivity index (χ0) is 26.3. The molecular formula is C35H24N2S. The first kappa shape index (κ1) is 24.7. The second kappa shape index (κ2) is 11.4. The smallest absolute Gasteiger partial charge is 0.0998 e. The maximum absolute atomic E-state index is 9.82. The van der Waals surface area contributed by atoms with Crippen LogP contribution in [0.25, 0.3) is 45.6 Å². The first-order chi connectivity index (χ1) is 18.6. The molecular weight excluding hydrogens is 480 g/mol. The number of aryl methyl sites for hydroxylation is 1. The van der Waals surface area contributed by atoms with Gasteiger partial charge in [-0.15, -0.1) is 11.3 Å². The fraction of sp³-hybridized carbons (Fsp3) is 0.0286. The second-order valence-corrected chi connectivity index (χ2v) is 9.95. The van der Waals surface area contributed by atoms with Gasteiger partial charge in [-0.2, -0.15) is 10.5 Å². The lowest BCUT2D eigenvalue weighted by Gasteiger charge is -2.05. The van der Waals surface area contributed by atoms with Crippen molar-refractivity contribution in [2.45, 2.75) is 6.92 Å². The van der Waals surface area contributed by atoms with Crippen molar-refractivity contribution >= 4 is 34.6 Å². The topological polar surface area (TPSA) is 47.6 Å². The molecule has 3 heteroatoms. The second-order valence-electron chi connectivity index (χ2n) is 9.01. The zero-order valence-electron chi connectivity index (χ0n) is 20.9. The molecule has 38 heavy (non-hydrogen) atoms. The van der Waals surface area contributed by atoms with Gasteiger partial charge in [-0.1, -0.05) is 109 Å². The summed E-state index contributed by atoms with van der Waals surface area (Å²) in [6, 6.07) is 41.3. The van der Waals surface area contributed by atoms with Crippen molar-refractivity contribution in [2.75, 3.05) is 0 Å². The van der Waals surface area contributed by atoms with E-state index in [-0.39, 0.29) is 0 Å². The molecule has 0 fully saturated rings. The summed E-state index contributed by atoms with van der Waals surface area (Å²) in [6.45, 7) is 2.08. The minimum atomic E-state index is 0.626. The highest BCUT2D eigenvalue weighted by Gasteiger charge is 2.06. The summed E-state index contributed by atoms with van der Waals surface area (Å²) in [7, 11) is 0. The van der Waals surface area contributed by atoms with Crippen molar-refractivity contribution in [2.24, 2.45) is 0 Å². The third kappa shape index (κ3) is 5.71. The molecule has 0 unspecified atom stereocenters. The molecule has 5 rings (SSSR count). The lowest BCUT2D eigenvalue weighted by atomic mass is 9.98. The van der Waals surface area contributed by atoms with Crippen molar-refractivity contribution in [3.63, 3.8) is 0 Å². The summed E-state index contributed by atoms with van der Waals surface area (Å²) in [5.74, 6) is 0. The lowest BCUT2D eigenvalue weighted by molar-refractivity contribution is 1.47. The molecule has 0 saturated carbocycles. The Morgan fingerprint density at radius 2 is 1.13 bits per heavy atom. The summed E-state index contributed by atoms with van der Waals surface area (Å²) in [5, 5.41) is 21.5. The molecule has 0 amide bonds. The van der Waals surface area contributed by atoms with Crippen LogP contribution < -0.4 is 0 Å². The lowest BCUT2D eigenvalue weighted by Crippen LogP contribution is -1.84. The average molecular weight is 505 g/mol. The van der Waals surface area contributed by atoms with Crippen molar-refractivity contribution in [1.29, 1.82) is 10.5 Å². The van der Waals surface area contributed by atoms with Gasteiger partial charge < -0.3 is 0 Å². The minimum absolute atomic E-state index is 0.626. The van der Waals surface area contributed by atoms with Crippen molar-refractivity contribution in [3.8, 4) is 34.4 Å². The van der Waals surface area contributed by atoms with E-state index in [4.69, 9.17) is 0 Å². The summed E-state index contributed by atoms with van der Waals surface area (Å²) < 4.78 is 0. The molecule has 0 spiro atoms. The predicted molar refractivity (Wildman–Crippen MR) is 160 cm³/mol. The Kier molecular flexibility index (Phi) is 7.42. The van der Waals surface area contributed by atoms with Gasteiger partial charge >= 0.3 is 0 Å². The van der Waals surface area contributed by atoms with E-state index in [0.717, 1.165) is 43.8 Å². The van der Waals surface area contributed by atoms with Crippen LogP contribution in [0.15, 0.2) is 115 Å². The van der Waals surface area contributed by atoms with Crippen LogP contribution in [-0.4, -0.2) is 0 Å². The van der Waals surface area contributed by atoms with Gasteiger partial charge in [0.2, 0.25) is 0 Å². The number of hydrogen-bond acceptors (Lipinski definition) is 3. The normalized spacial score (nSPS) is 11.6. The summed E-state index contributed by atoms with van der Waals surface area (Å²) in [6.07, 6.45) is 3.86. The van der Waals surface area contributed by atoms with E-state index in [1.165, 1.54) is 5.56 Å². The van der Waals surface area contributed by atoms with E-state index in [0.29, 0.717) is 11.1 Å². The van der Waals surface area contributed by atoms with Crippen LogP contribution in [0.5, 0.6) is 0 Å². The van der Waals surface area contributed by atoms with Gasteiger partial charge in [0.1, 0.15) is 0 Å². The Morgan fingerprint density at radius 1 is 0.605 bits per heavy atom. The van der Waals surface area contributed by atoms with E-state index >= 15 is 0 Å². The van der Waals surface area contributed by atoms with Crippen molar-refractivity contribution in [1.82, 2.24) is 0 Å². The molecule has 0 aliphatic heterocycles. The number of benzene rings is 4. The Bertz CT molecular complexity index is 1690. The highest BCUT2D eigenvalue weighted by Crippen LogP contribution is 2.30. The van der Waals surface area contributed by atoms with Crippen molar-refractivity contribution in [3.05, 3.63) is 142 Å². The molecule has 180 valence electrons. The average Bonchev–Trinajstić information content (AvgIpc) is 3.44. The maximum atomic E-state index is 9.82. The molecule has 0 N–H and O–H groups in total. The molecule has 0 saturated heterocycles. The summed E-state index contributed by atoms with van der Waals surface area (Å²) in [4.78, 5) is 1.03. The van der Waals surface area contributed by atoms with E-state index in [1.54, 1.807) is 11.3 Å². The first-order valence-electron chi connectivity index (χ1n) is 12.3. The number of nitrogens with zero attached hydrogens (tertiary/aromatic N) is 2. The molecule has 0 aliphatic rings. The SMILES string of the molecule is Cc1ccc(-c2ccc(/C(C#N)=C/c3ccc(-c4csc(/C=C(\C#N)c5ccccc5)c4)cc3)cc2)cc1. The van der Waals surface area contributed by atoms with Gasteiger partial charge in [0, 0.05) is 4.88 Å². The zero-order valence-corrected chi connectivity index (χ0v) is 21.7. The van der Waals surface area contributed by atoms with E-state index in [1.807, 2.05) is 66.7 Å². The quantitative estimate of drug-likeness (QED) is 0.171. The number of rotatable bonds is 6. The van der Waals surface area contributed by atoms with Crippen LogP contribution >= 0.6 is 11.3 Å². The highest BCUT2D eigenvalue weighted by molar-refractivity contribution is 7.11. The molecule has 2 nitrogen and oxygen atoms in total. The summed E-state index contributed by atoms with van der Waals surface area (Å²) in [5.41, 5.74) is 9.79. The standard InChI is InChI=1S/C35H24N2S/c1-25-7-11-28(12-8-25)29-15-17-30(18-16-29)32(22-36)19-26-9-13-31(14-10-26)34-21-35(38-24-34)20-33(23-37)27-5-3-2-4-6-27/h2-21,24H,1H3/b32-19+,33-20+. The molecule has 4 aromatic carbocycles. The third-order valence-electron chi connectivity index (χ3n) is 6.37. The van der Waals surface area contributed by atoms with Crippen LogP contribution in [0.4, 0.5) is 0 Å². The number of thiophene rings is 1. The van der Waals surface area contributed by atoms with Gasteiger partial charge in [0.25, 0.3) is 0 Å². The fourth-order valence-electron chi connectivity index (χ4n) is 4.23. The van der Waals surface area contributed by atoms with Crippen LogP contribution in [0, 0.1) is 29.6 Å². The largest absolute Gasteiger partial charge is 0.192 e. The predicted octanol–water partition coefficient (Wildman–Crippen LogP) is 9.52. The van der Waals surface area contributed by atoms with Gasteiger partial charge in [-0.05, 0) is 69.5 Å². The van der Waals surface area contributed by atoms with Crippen molar-refractivity contribution < 1.29 is 0 Å². The molecule has 1 aromatic heterocycles. The molecule has 1 heterocycles. The molecule has 0 bridgehead atoms. The Hall–Kier alpha value is -4.96. The molecule has 0 aliphatic carbocycles. The van der Waals surface area contributed by atoms with Gasteiger partial charge in [0.05, 0.1) is 23.3 Å². The monoisotopic (exact) mass is 504 g/mol. The van der Waals surface area contributed by atoms with E-state index < -0.39 is 0 Å². The van der Waals surface area contributed by atoms with Crippen LogP contribution in [-0.2, 0) is 0 Å². The minimum Gasteiger partial charge on any atom is -0.192 e. The highest BCUT2D eigenvalue weighted by atomic mass is 32.1. The van der Waals surface area contributed by atoms with Crippen LogP contribution in [0.1, 0.15) is 27.1 Å². The maximum Gasteiger partial charge on any atom is 0.0998 e. The van der Waals surface area contributed by atoms with Crippen LogP contribution in [0.2, 0.25) is 0 Å². The molecule has 5 aromatic rings. The first-order valence-corrected chi connectivity index (χ1v) is 13.2. The van der Waals surface area contributed by atoms with Gasteiger partial charge in [-0.3, -0.25) is 0 Å². The summed E-state index contributed by atoms with van der Waals surface area (Å²) >= 11 is 1.62. The van der Waals surface area contributed by atoms with E-state index in [2.05, 4.69) is 79.0 Å². The van der Waals surface area contributed by atoms with E-state index in [9.17, 15) is 10.5 Å². The number of allylic oxidation sites excluding steroid dienone is 2. The number of nitriles is 2. The Morgan fingerprint density at radius 3 is 1.76 bits per heavy atom. The number of hydrogen-bond donors (Lipinski definition) is 0. The molecule has 0 atom stereocenters. The van der Waals surface area contributed by atoms with Gasteiger partial charge in [-0.25, -0.2) is 0 Å². The third-order valence-corrected chi connectivity index (χ3v) is 7.25. The Balaban J connectivity index is 1.33. The van der Waals surface area contributed by atoms with Crippen LogP contribution in [0.3, 0.4) is 0 Å². The fourth-order valence-corrected chi connectivity index (χ4v) is 5.07. The molecule has 0 radical (unpaired) electrons.